The van der Waals surface area contributed by atoms with Crippen LogP contribution in [0.2, 0.25) is 0 Å². The van der Waals surface area contributed by atoms with Gasteiger partial charge in [0.1, 0.15) is 23.2 Å². The summed E-state index contributed by atoms with van der Waals surface area (Å²) in [6, 6.07) is 12.0. The van der Waals surface area contributed by atoms with Gasteiger partial charge in [0.15, 0.2) is 0 Å². The summed E-state index contributed by atoms with van der Waals surface area (Å²) in [5.41, 5.74) is 6.61. The molecule has 104 valence electrons. The van der Waals surface area contributed by atoms with Crippen LogP contribution in [0.25, 0.3) is 0 Å². The molecule has 3 N–H and O–H groups in total. The van der Waals surface area contributed by atoms with E-state index in [0.717, 1.165) is 12.8 Å². The fraction of sp³-hybridized carbons (Fsp3) is 0.188. The number of benzene rings is 2. The third-order valence-electron chi connectivity index (χ3n) is 2.93. The van der Waals surface area contributed by atoms with E-state index in [0.29, 0.717) is 5.75 Å². The van der Waals surface area contributed by atoms with Crippen molar-refractivity contribution in [3.8, 4) is 11.5 Å². The Morgan fingerprint density at radius 1 is 1.20 bits per heavy atom. The molecule has 4 heteroatoms. The summed E-state index contributed by atoms with van der Waals surface area (Å²) in [7, 11) is 0. The molecule has 0 aliphatic carbocycles. The SMILES string of the molecule is CCCc1ccc(Oc2cccc(F)c2C(=N)N)cc1. The first-order valence-electron chi connectivity index (χ1n) is 6.51. The topological polar surface area (TPSA) is 59.1 Å². The van der Waals surface area contributed by atoms with E-state index in [-0.39, 0.29) is 17.1 Å². The van der Waals surface area contributed by atoms with Gasteiger partial charge in [-0.1, -0.05) is 31.5 Å². The van der Waals surface area contributed by atoms with E-state index in [1.807, 2.05) is 24.3 Å². The average molecular weight is 272 g/mol. The molecule has 0 saturated carbocycles. The highest BCUT2D eigenvalue weighted by Crippen LogP contribution is 2.27. The zero-order valence-corrected chi connectivity index (χ0v) is 11.3. The molecule has 0 aliphatic rings. The highest BCUT2D eigenvalue weighted by Gasteiger charge is 2.13. The molecule has 0 amide bonds. The Labute approximate surface area is 117 Å². The van der Waals surface area contributed by atoms with Crippen LogP contribution in [0.4, 0.5) is 4.39 Å². The molecule has 3 nitrogen and oxygen atoms in total. The molecule has 2 rings (SSSR count). The van der Waals surface area contributed by atoms with Crippen molar-refractivity contribution in [3.63, 3.8) is 0 Å². The predicted octanol–water partition coefficient (Wildman–Crippen LogP) is 3.85. The summed E-state index contributed by atoms with van der Waals surface area (Å²) in [5, 5.41) is 7.43. The van der Waals surface area contributed by atoms with Crippen LogP contribution in [0, 0.1) is 11.2 Å². The number of aryl methyl sites for hydroxylation is 1. The zero-order valence-electron chi connectivity index (χ0n) is 11.3. The number of hydrogen-bond donors (Lipinski definition) is 2. The van der Waals surface area contributed by atoms with E-state index >= 15 is 0 Å². The molecule has 0 saturated heterocycles. The van der Waals surface area contributed by atoms with Crippen molar-refractivity contribution < 1.29 is 9.13 Å². The predicted molar refractivity (Wildman–Crippen MR) is 77.9 cm³/mol. The number of hydrogen-bond acceptors (Lipinski definition) is 2. The monoisotopic (exact) mass is 272 g/mol. The van der Waals surface area contributed by atoms with Gasteiger partial charge >= 0.3 is 0 Å². The van der Waals surface area contributed by atoms with E-state index in [4.69, 9.17) is 15.9 Å². The summed E-state index contributed by atoms with van der Waals surface area (Å²) >= 11 is 0. The molecule has 0 radical (unpaired) electrons. The van der Waals surface area contributed by atoms with Crippen molar-refractivity contribution in [3.05, 3.63) is 59.4 Å². The van der Waals surface area contributed by atoms with Crippen LogP contribution < -0.4 is 10.5 Å². The number of amidine groups is 1. The number of nitrogen functional groups attached to an aromatic ring is 1. The summed E-state index contributed by atoms with van der Waals surface area (Å²) in [6.45, 7) is 2.12. The molecule has 0 unspecified atom stereocenters. The third-order valence-corrected chi connectivity index (χ3v) is 2.93. The van der Waals surface area contributed by atoms with Crippen LogP contribution in [0.5, 0.6) is 11.5 Å². The third kappa shape index (κ3) is 3.15. The molecule has 2 aromatic rings. The smallest absolute Gasteiger partial charge is 0.141 e. The summed E-state index contributed by atoms with van der Waals surface area (Å²) in [5.74, 6) is -0.0583. The molecular formula is C16H17FN2O. The van der Waals surface area contributed by atoms with Crippen molar-refractivity contribution >= 4 is 5.84 Å². The van der Waals surface area contributed by atoms with Crippen LogP contribution in [-0.2, 0) is 6.42 Å². The van der Waals surface area contributed by atoms with Gasteiger partial charge in [0.2, 0.25) is 0 Å². The van der Waals surface area contributed by atoms with Crippen molar-refractivity contribution in [2.45, 2.75) is 19.8 Å². The Morgan fingerprint density at radius 2 is 1.90 bits per heavy atom. The lowest BCUT2D eigenvalue weighted by atomic mass is 10.1. The number of nitrogens with one attached hydrogen (secondary N) is 1. The van der Waals surface area contributed by atoms with Gasteiger partial charge < -0.3 is 10.5 Å². The summed E-state index contributed by atoms with van der Waals surface area (Å²) in [6.07, 6.45) is 2.09. The number of rotatable bonds is 5. The maximum Gasteiger partial charge on any atom is 0.141 e. The minimum Gasteiger partial charge on any atom is -0.456 e. The molecule has 0 bridgehead atoms. The lowest BCUT2D eigenvalue weighted by Gasteiger charge is -2.11. The largest absolute Gasteiger partial charge is 0.456 e. The van der Waals surface area contributed by atoms with Gasteiger partial charge in [-0.2, -0.15) is 0 Å². The second-order valence-electron chi connectivity index (χ2n) is 4.52. The fourth-order valence-electron chi connectivity index (χ4n) is 1.99. The van der Waals surface area contributed by atoms with E-state index in [9.17, 15) is 4.39 Å². The van der Waals surface area contributed by atoms with Gasteiger partial charge in [0.25, 0.3) is 0 Å². The second-order valence-corrected chi connectivity index (χ2v) is 4.52. The minimum absolute atomic E-state index is 0.00913. The van der Waals surface area contributed by atoms with Gasteiger partial charge in [-0.25, -0.2) is 4.39 Å². The Balaban J connectivity index is 2.26. The van der Waals surface area contributed by atoms with E-state index < -0.39 is 5.82 Å². The number of ether oxygens (including phenoxy) is 1. The van der Waals surface area contributed by atoms with E-state index in [2.05, 4.69) is 6.92 Å². The first-order chi connectivity index (χ1) is 9.61. The quantitative estimate of drug-likeness (QED) is 0.641. The van der Waals surface area contributed by atoms with Crippen molar-refractivity contribution in [1.82, 2.24) is 0 Å². The first-order valence-corrected chi connectivity index (χ1v) is 6.51. The lowest BCUT2D eigenvalue weighted by Crippen LogP contribution is -2.14. The van der Waals surface area contributed by atoms with Crippen LogP contribution in [-0.4, -0.2) is 5.84 Å². The summed E-state index contributed by atoms with van der Waals surface area (Å²) < 4.78 is 19.3. The first kappa shape index (κ1) is 14.1. The molecule has 0 spiro atoms. The van der Waals surface area contributed by atoms with Gasteiger partial charge in [0.05, 0.1) is 5.56 Å². The average Bonchev–Trinajstić information content (AvgIpc) is 2.41. The highest BCUT2D eigenvalue weighted by atomic mass is 19.1. The Bertz CT molecular complexity index is 608. The Morgan fingerprint density at radius 3 is 2.50 bits per heavy atom. The van der Waals surface area contributed by atoms with E-state index in [1.165, 1.54) is 17.7 Å². The minimum atomic E-state index is -0.558. The molecule has 0 aromatic heterocycles. The normalized spacial score (nSPS) is 10.3. The molecule has 0 fully saturated rings. The van der Waals surface area contributed by atoms with E-state index in [1.54, 1.807) is 6.07 Å². The molecule has 2 aromatic carbocycles. The number of halogens is 1. The van der Waals surface area contributed by atoms with Gasteiger partial charge in [-0.05, 0) is 36.2 Å². The van der Waals surface area contributed by atoms with Gasteiger partial charge in [0, 0.05) is 0 Å². The molecular weight excluding hydrogens is 255 g/mol. The molecule has 0 aliphatic heterocycles. The lowest BCUT2D eigenvalue weighted by molar-refractivity contribution is 0.475. The van der Waals surface area contributed by atoms with Crippen molar-refractivity contribution in [2.75, 3.05) is 0 Å². The van der Waals surface area contributed by atoms with Crippen LogP contribution in [0.3, 0.4) is 0 Å². The van der Waals surface area contributed by atoms with Crippen LogP contribution in [0.1, 0.15) is 24.5 Å². The zero-order chi connectivity index (χ0) is 14.5. The second kappa shape index (κ2) is 6.19. The molecule has 20 heavy (non-hydrogen) atoms. The Kier molecular flexibility index (Phi) is 4.35. The maximum atomic E-state index is 13.7. The summed E-state index contributed by atoms with van der Waals surface area (Å²) in [4.78, 5) is 0. The Hall–Kier alpha value is -2.36. The van der Waals surface area contributed by atoms with Gasteiger partial charge in [-0.3, -0.25) is 5.41 Å². The molecule has 0 heterocycles. The highest BCUT2D eigenvalue weighted by molar-refractivity contribution is 5.98. The van der Waals surface area contributed by atoms with Crippen LogP contribution in [0.15, 0.2) is 42.5 Å². The maximum absolute atomic E-state index is 13.7. The van der Waals surface area contributed by atoms with Crippen molar-refractivity contribution in [1.29, 1.82) is 5.41 Å². The standard InChI is InChI=1S/C16H17FN2O/c1-2-4-11-7-9-12(10-8-11)20-14-6-3-5-13(17)15(14)16(18)19/h3,5-10H,2,4H2,1H3,(H3,18,19). The van der Waals surface area contributed by atoms with Crippen LogP contribution >= 0.6 is 0 Å². The van der Waals surface area contributed by atoms with Crippen molar-refractivity contribution in [2.24, 2.45) is 5.73 Å². The molecule has 0 atom stereocenters. The fourth-order valence-corrected chi connectivity index (χ4v) is 1.99. The number of nitrogens with two attached hydrogens (primary N) is 1. The van der Waals surface area contributed by atoms with Gasteiger partial charge in [-0.15, -0.1) is 0 Å².